The molecule has 1 aliphatic heterocycles. The minimum Gasteiger partial charge on any atom is -0.507 e. The molecule has 1 atom stereocenters. The number of aliphatic hydroxyl groups excluding tert-OH is 1. The molecule has 1 fully saturated rings. The Bertz CT molecular complexity index is 1280. The van der Waals surface area contributed by atoms with Crippen LogP contribution in [0.2, 0.25) is 0 Å². The predicted octanol–water partition coefficient (Wildman–Crippen LogP) is 5.58. The molecule has 1 saturated heterocycles. The number of aliphatic hydroxyl groups is 1. The van der Waals surface area contributed by atoms with Crippen molar-refractivity contribution in [1.29, 1.82) is 0 Å². The zero-order chi connectivity index (χ0) is 25.1. The van der Waals surface area contributed by atoms with Gasteiger partial charge in [-0.1, -0.05) is 34.1 Å². The molecule has 7 nitrogen and oxygen atoms in total. The van der Waals surface area contributed by atoms with E-state index in [0.717, 1.165) is 4.47 Å². The first kappa shape index (κ1) is 24.3. The van der Waals surface area contributed by atoms with Crippen molar-refractivity contribution in [3.05, 3.63) is 87.9 Å². The van der Waals surface area contributed by atoms with Gasteiger partial charge >= 0.3 is 0 Å². The summed E-state index contributed by atoms with van der Waals surface area (Å²) in [5.74, 6) is -1.10. The van der Waals surface area contributed by atoms with Gasteiger partial charge in [0.05, 0.1) is 24.8 Å². The number of hydrogen-bond donors (Lipinski definition) is 2. The first-order chi connectivity index (χ1) is 16.8. The van der Waals surface area contributed by atoms with E-state index in [2.05, 4.69) is 15.9 Å². The van der Waals surface area contributed by atoms with Gasteiger partial charge in [0.25, 0.3) is 11.7 Å². The van der Waals surface area contributed by atoms with E-state index >= 15 is 0 Å². The summed E-state index contributed by atoms with van der Waals surface area (Å²) in [6.07, 6.45) is 0. The number of ketones is 1. The van der Waals surface area contributed by atoms with Crippen LogP contribution in [0, 0.1) is 0 Å². The van der Waals surface area contributed by atoms with E-state index in [4.69, 9.17) is 9.47 Å². The largest absolute Gasteiger partial charge is 0.507 e. The van der Waals surface area contributed by atoms with Crippen LogP contribution in [0.4, 0.5) is 5.69 Å². The monoisotopic (exact) mass is 537 g/mol. The van der Waals surface area contributed by atoms with Crippen molar-refractivity contribution in [2.75, 3.05) is 18.1 Å². The van der Waals surface area contributed by atoms with E-state index in [-0.39, 0.29) is 22.8 Å². The Morgan fingerprint density at radius 2 is 1.60 bits per heavy atom. The Kier molecular flexibility index (Phi) is 7.12. The minimum atomic E-state index is -0.948. The maximum atomic E-state index is 13.3. The van der Waals surface area contributed by atoms with E-state index in [1.807, 2.05) is 6.92 Å². The van der Waals surface area contributed by atoms with Crippen LogP contribution in [-0.2, 0) is 9.59 Å². The Morgan fingerprint density at radius 3 is 2.23 bits per heavy atom. The van der Waals surface area contributed by atoms with Crippen molar-refractivity contribution in [1.82, 2.24) is 0 Å². The van der Waals surface area contributed by atoms with Crippen LogP contribution in [-0.4, -0.2) is 35.1 Å². The van der Waals surface area contributed by atoms with E-state index < -0.39 is 17.7 Å². The number of hydrogen-bond acceptors (Lipinski definition) is 6. The standard InChI is InChI=1S/C27H24BrNO6/c1-3-34-20-12-10-19(11-13-20)29-24(17-7-14-21(30)22(15-17)35-4-2)23(26(32)27(29)33)25(31)16-5-8-18(28)9-6-16/h5-15,24,30-31H,3-4H2,1-2H3/b25-23-. The van der Waals surface area contributed by atoms with Crippen LogP contribution >= 0.6 is 15.9 Å². The van der Waals surface area contributed by atoms with Gasteiger partial charge in [0.2, 0.25) is 0 Å². The van der Waals surface area contributed by atoms with Gasteiger partial charge < -0.3 is 19.7 Å². The average molecular weight is 538 g/mol. The molecule has 2 N–H and O–H groups in total. The summed E-state index contributed by atoms with van der Waals surface area (Å²) in [6.45, 7) is 4.46. The molecule has 0 radical (unpaired) electrons. The molecule has 1 heterocycles. The Balaban J connectivity index is 1.91. The van der Waals surface area contributed by atoms with Crippen LogP contribution in [0.15, 0.2) is 76.8 Å². The highest BCUT2D eigenvalue weighted by molar-refractivity contribution is 9.10. The molecule has 8 heteroatoms. The van der Waals surface area contributed by atoms with E-state index in [1.165, 1.54) is 11.0 Å². The molecule has 1 amide bonds. The van der Waals surface area contributed by atoms with Gasteiger partial charge in [-0.3, -0.25) is 14.5 Å². The number of benzene rings is 3. The Morgan fingerprint density at radius 1 is 0.943 bits per heavy atom. The average Bonchev–Trinajstić information content (AvgIpc) is 3.12. The summed E-state index contributed by atoms with van der Waals surface area (Å²) in [5.41, 5.74) is 1.30. The fourth-order valence-electron chi connectivity index (χ4n) is 4.02. The minimum absolute atomic E-state index is 0.0562. The van der Waals surface area contributed by atoms with Gasteiger partial charge in [0, 0.05) is 15.7 Å². The van der Waals surface area contributed by atoms with Crippen molar-refractivity contribution in [2.24, 2.45) is 0 Å². The molecule has 4 rings (SSSR count). The highest BCUT2D eigenvalue weighted by Gasteiger charge is 2.47. The molecule has 0 bridgehead atoms. The number of amides is 1. The molecule has 1 aliphatic rings. The fourth-order valence-corrected chi connectivity index (χ4v) is 4.28. The number of aromatic hydroxyl groups is 1. The number of carbonyl (C=O) groups excluding carboxylic acids is 2. The lowest BCUT2D eigenvalue weighted by Crippen LogP contribution is -2.29. The molecule has 35 heavy (non-hydrogen) atoms. The third-order valence-corrected chi connectivity index (χ3v) is 6.12. The number of anilines is 1. The lowest BCUT2D eigenvalue weighted by atomic mass is 9.94. The SMILES string of the molecule is CCOc1ccc(N2C(=O)C(=O)/C(=C(\O)c3ccc(Br)cc3)C2c2ccc(O)c(OCC)c2)cc1. The molecular formula is C27H24BrNO6. The third kappa shape index (κ3) is 4.74. The zero-order valence-electron chi connectivity index (χ0n) is 19.2. The summed E-state index contributed by atoms with van der Waals surface area (Å²) < 4.78 is 11.8. The predicted molar refractivity (Wildman–Crippen MR) is 136 cm³/mol. The quantitative estimate of drug-likeness (QED) is 0.232. The number of rotatable bonds is 7. The van der Waals surface area contributed by atoms with Gasteiger partial charge in [-0.15, -0.1) is 0 Å². The fraction of sp³-hybridized carbons (Fsp3) is 0.185. The zero-order valence-corrected chi connectivity index (χ0v) is 20.8. The molecule has 180 valence electrons. The van der Waals surface area contributed by atoms with Crippen molar-refractivity contribution < 1.29 is 29.3 Å². The van der Waals surface area contributed by atoms with Crippen molar-refractivity contribution in [3.8, 4) is 17.2 Å². The lowest BCUT2D eigenvalue weighted by molar-refractivity contribution is -0.132. The molecule has 0 saturated carbocycles. The highest BCUT2D eigenvalue weighted by Crippen LogP contribution is 2.44. The number of carbonyl (C=O) groups is 2. The topological polar surface area (TPSA) is 96.3 Å². The summed E-state index contributed by atoms with van der Waals surface area (Å²) in [6, 6.07) is 17.3. The number of Topliss-reactive ketones (excluding diaryl/α,β-unsaturated/α-hetero) is 1. The Labute approximate surface area is 211 Å². The Hall–Kier alpha value is -3.78. The molecule has 0 spiro atoms. The molecule has 1 unspecified atom stereocenters. The molecule has 0 aromatic heterocycles. The molecule has 3 aromatic carbocycles. The molecule has 0 aliphatic carbocycles. The van der Waals surface area contributed by atoms with Crippen molar-refractivity contribution in [2.45, 2.75) is 19.9 Å². The van der Waals surface area contributed by atoms with Gasteiger partial charge in [-0.25, -0.2) is 0 Å². The van der Waals surface area contributed by atoms with Gasteiger partial charge in [0.15, 0.2) is 11.5 Å². The first-order valence-electron chi connectivity index (χ1n) is 11.1. The number of halogens is 1. The number of phenols is 1. The highest BCUT2D eigenvalue weighted by atomic mass is 79.9. The van der Waals surface area contributed by atoms with E-state index in [0.29, 0.717) is 35.8 Å². The summed E-state index contributed by atoms with van der Waals surface area (Å²) in [7, 11) is 0. The summed E-state index contributed by atoms with van der Waals surface area (Å²) >= 11 is 3.36. The molecular weight excluding hydrogens is 514 g/mol. The van der Waals surface area contributed by atoms with Crippen LogP contribution in [0.1, 0.15) is 31.0 Å². The number of ether oxygens (including phenoxy) is 2. The normalized spacial score (nSPS) is 17.0. The second-order valence-electron chi connectivity index (χ2n) is 7.76. The van der Waals surface area contributed by atoms with Crippen molar-refractivity contribution in [3.63, 3.8) is 0 Å². The van der Waals surface area contributed by atoms with Crippen LogP contribution in [0.25, 0.3) is 5.76 Å². The third-order valence-electron chi connectivity index (χ3n) is 5.59. The maximum absolute atomic E-state index is 13.3. The van der Waals surface area contributed by atoms with Gasteiger partial charge in [-0.2, -0.15) is 0 Å². The summed E-state index contributed by atoms with van der Waals surface area (Å²) in [4.78, 5) is 27.9. The van der Waals surface area contributed by atoms with Gasteiger partial charge in [0.1, 0.15) is 11.5 Å². The number of nitrogens with zero attached hydrogens (tertiary/aromatic N) is 1. The van der Waals surface area contributed by atoms with Crippen LogP contribution in [0.5, 0.6) is 17.2 Å². The lowest BCUT2D eigenvalue weighted by Gasteiger charge is -2.26. The second kappa shape index (κ2) is 10.2. The first-order valence-corrected chi connectivity index (χ1v) is 11.9. The van der Waals surface area contributed by atoms with E-state index in [9.17, 15) is 19.8 Å². The van der Waals surface area contributed by atoms with Gasteiger partial charge in [-0.05, 0) is 67.9 Å². The molecule has 3 aromatic rings. The smallest absolute Gasteiger partial charge is 0.300 e. The number of phenolic OH excluding ortho intramolecular Hbond substituents is 1. The van der Waals surface area contributed by atoms with Crippen LogP contribution < -0.4 is 14.4 Å². The maximum Gasteiger partial charge on any atom is 0.300 e. The van der Waals surface area contributed by atoms with Crippen LogP contribution in [0.3, 0.4) is 0 Å². The van der Waals surface area contributed by atoms with Crippen molar-refractivity contribution >= 4 is 39.1 Å². The second-order valence-corrected chi connectivity index (χ2v) is 8.68. The summed E-state index contributed by atoms with van der Waals surface area (Å²) in [5, 5.41) is 21.4. The van der Waals surface area contributed by atoms with E-state index in [1.54, 1.807) is 67.6 Å².